The van der Waals surface area contributed by atoms with Crippen molar-refractivity contribution in [2.45, 2.75) is 149 Å². The molecule has 0 amide bonds. The quantitative estimate of drug-likeness (QED) is 0.199. The number of aliphatic hydroxyl groups is 5. The Bertz CT molecular complexity index is 1220. The molecule has 5 aliphatic carbocycles. The number of rotatable bonds is 4. The van der Waals surface area contributed by atoms with Crippen molar-refractivity contribution in [1.82, 2.24) is 0 Å². The lowest BCUT2D eigenvalue weighted by molar-refractivity contribution is -0.327. The van der Waals surface area contributed by atoms with Crippen LogP contribution in [0.25, 0.3) is 0 Å². The predicted octanol–water partition coefficient (Wildman–Crippen LogP) is 4.03. The minimum Gasteiger partial charge on any atom is -0.479 e. The monoisotopic (exact) mass is 634 g/mol. The third-order valence-corrected chi connectivity index (χ3v) is 15.3. The van der Waals surface area contributed by atoms with Gasteiger partial charge in [0.15, 0.2) is 12.4 Å². The third kappa shape index (κ3) is 4.61. The summed E-state index contributed by atoms with van der Waals surface area (Å²) < 4.78 is 11.8. The Labute approximate surface area is 268 Å². The van der Waals surface area contributed by atoms with Gasteiger partial charge < -0.3 is 40.1 Å². The standard InChI is InChI=1S/C36H58O9/c1-31(2)16-20-19-8-9-22-33(4)12-11-24(44-30-27(41)25(39)26(40)28(45-30)29(42)43)34(5,18-37)21(33)10-13-36(22,7)35(19,6)15-14-32(20,3)23(38)17-31/h8,20-28,30,37-41H,9-18H2,1-7H3,(H,42,43)/t20?,21?,22-,23-,24+,25+,26+,27-,28+,30-,32-,33+,34-,35-,36-/m1/s1. The molecule has 9 heteroatoms. The van der Waals surface area contributed by atoms with Crippen molar-refractivity contribution in [2.75, 3.05) is 6.61 Å². The first kappa shape index (κ1) is 33.8. The first-order chi connectivity index (χ1) is 20.8. The SMILES string of the molecule is CC1(C)CC2C3=CC[C@@H]4[C@@]5(C)CC[C@H](O[C@@H]6O[C@H](C(=O)O)[C@@H](O)[C@H](O)[C@H]6O)[C@](C)(CO)C5CC[C@@]4(C)[C@]3(C)CC[C@@]2(C)[C@H](O)C1. The molecule has 6 rings (SSSR count). The number of carbonyl (C=O) groups is 1. The molecule has 1 heterocycles. The van der Waals surface area contributed by atoms with Gasteiger partial charge in [-0.15, -0.1) is 0 Å². The Morgan fingerprint density at radius 2 is 1.56 bits per heavy atom. The molecule has 45 heavy (non-hydrogen) atoms. The van der Waals surface area contributed by atoms with E-state index in [4.69, 9.17) is 9.47 Å². The second-order valence-corrected chi connectivity index (χ2v) is 18.0. The van der Waals surface area contributed by atoms with Crippen molar-refractivity contribution in [2.24, 2.45) is 50.2 Å². The molecule has 0 spiro atoms. The number of hydrogen-bond donors (Lipinski definition) is 6. The third-order valence-electron chi connectivity index (χ3n) is 15.3. The lowest BCUT2D eigenvalue weighted by Gasteiger charge is -2.72. The van der Waals surface area contributed by atoms with Gasteiger partial charge in [-0.3, -0.25) is 0 Å². The van der Waals surface area contributed by atoms with Crippen molar-refractivity contribution in [1.29, 1.82) is 0 Å². The molecule has 6 aliphatic rings. The zero-order chi connectivity index (χ0) is 33.1. The summed E-state index contributed by atoms with van der Waals surface area (Å²) in [5.41, 5.74) is 0.871. The summed E-state index contributed by atoms with van der Waals surface area (Å²) in [7, 11) is 0. The van der Waals surface area contributed by atoms with E-state index < -0.39 is 48.2 Å². The van der Waals surface area contributed by atoms with Crippen LogP contribution in [0.1, 0.15) is 106 Å². The van der Waals surface area contributed by atoms with Crippen molar-refractivity contribution in [3.05, 3.63) is 11.6 Å². The Kier molecular flexibility index (Phi) is 8.05. The molecule has 9 nitrogen and oxygen atoms in total. The maximum absolute atomic E-state index is 11.7. The summed E-state index contributed by atoms with van der Waals surface area (Å²) in [4.78, 5) is 11.7. The fraction of sp³-hybridized carbons (Fsp3) is 0.917. The average Bonchev–Trinajstić information content (AvgIpc) is 2.96. The van der Waals surface area contributed by atoms with Crippen molar-refractivity contribution in [3.8, 4) is 0 Å². The van der Waals surface area contributed by atoms with E-state index in [0.717, 1.165) is 51.4 Å². The van der Waals surface area contributed by atoms with Gasteiger partial charge in [0.1, 0.15) is 18.3 Å². The van der Waals surface area contributed by atoms with Gasteiger partial charge in [0.05, 0.1) is 18.8 Å². The van der Waals surface area contributed by atoms with Crippen LogP contribution in [0.15, 0.2) is 11.6 Å². The van der Waals surface area contributed by atoms with Gasteiger partial charge in [-0.25, -0.2) is 4.79 Å². The normalized spacial score (nSPS) is 55.8. The number of fused-ring (bicyclic) bond motifs is 7. The highest BCUT2D eigenvalue weighted by atomic mass is 16.7. The smallest absolute Gasteiger partial charge is 0.335 e. The Hall–Kier alpha value is -1.07. The minimum absolute atomic E-state index is 0.0209. The van der Waals surface area contributed by atoms with Crippen molar-refractivity contribution < 1.29 is 44.9 Å². The van der Waals surface area contributed by atoms with E-state index in [-0.39, 0.29) is 45.7 Å². The predicted molar refractivity (Wildman–Crippen MR) is 167 cm³/mol. The van der Waals surface area contributed by atoms with Gasteiger partial charge in [-0.05, 0) is 97.2 Å². The van der Waals surface area contributed by atoms with Crippen LogP contribution >= 0.6 is 0 Å². The Morgan fingerprint density at radius 3 is 2.20 bits per heavy atom. The molecule has 0 aromatic heterocycles. The van der Waals surface area contributed by atoms with Crippen LogP contribution in [-0.2, 0) is 14.3 Å². The molecule has 0 bridgehead atoms. The Balaban J connectivity index is 1.30. The molecule has 5 fully saturated rings. The lowest BCUT2D eigenvalue weighted by atomic mass is 9.33. The van der Waals surface area contributed by atoms with Gasteiger partial charge in [0.25, 0.3) is 0 Å². The van der Waals surface area contributed by atoms with Gasteiger partial charge >= 0.3 is 5.97 Å². The molecule has 0 aromatic rings. The van der Waals surface area contributed by atoms with Gasteiger partial charge in [-0.1, -0.05) is 60.1 Å². The van der Waals surface area contributed by atoms with E-state index in [2.05, 4.69) is 47.6 Å². The van der Waals surface area contributed by atoms with E-state index in [1.807, 2.05) is 6.92 Å². The van der Waals surface area contributed by atoms with Crippen LogP contribution in [0.4, 0.5) is 0 Å². The molecule has 4 saturated carbocycles. The molecule has 1 aliphatic heterocycles. The van der Waals surface area contributed by atoms with Crippen LogP contribution in [-0.4, -0.2) is 86.1 Å². The minimum atomic E-state index is -1.78. The maximum Gasteiger partial charge on any atom is 0.335 e. The maximum atomic E-state index is 11.7. The number of hydrogen-bond acceptors (Lipinski definition) is 8. The fourth-order valence-electron chi connectivity index (χ4n) is 12.2. The zero-order valence-corrected chi connectivity index (χ0v) is 28.3. The summed E-state index contributed by atoms with van der Waals surface area (Å²) in [6.07, 6.45) is 1.81. The molecule has 2 unspecified atom stereocenters. The first-order valence-corrected chi connectivity index (χ1v) is 17.4. The van der Waals surface area contributed by atoms with Crippen LogP contribution in [0, 0.1) is 50.2 Å². The molecule has 1 saturated heterocycles. The van der Waals surface area contributed by atoms with Crippen LogP contribution in [0.5, 0.6) is 0 Å². The van der Waals surface area contributed by atoms with E-state index in [0.29, 0.717) is 18.3 Å². The zero-order valence-electron chi connectivity index (χ0n) is 28.3. The highest BCUT2D eigenvalue weighted by Crippen LogP contribution is 2.75. The summed E-state index contributed by atoms with van der Waals surface area (Å²) in [5.74, 6) is -0.570. The summed E-state index contributed by atoms with van der Waals surface area (Å²) in [6, 6.07) is 0. The molecule has 0 aromatic carbocycles. The second kappa shape index (κ2) is 10.7. The van der Waals surface area contributed by atoms with E-state index in [1.54, 1.807) is 5.57 Å². The number of carboxylic acid groups (broad SMARTS) is 1. The molecular weight excluding hydrogens is 576 g/mol. The van der Waals surface area contributed by atoms with Crippen LogP contribution in [0.3, 0.4) is 0 Å². The van der Waals surface area contributed by atoms with Gasteiger partial charge in [-0.2, -0.15) is 0 Å². The Morgan fingerprint density at radius 1 is 0.867 bits per heavy atom. The summed E-state index contributed by atoms with van der Waals surface area (Å²) in [5, 5.41) is 63.3. The number of carboxylic acids is 1. The van der Waals surface area contributed by atoms with Crippen molar-refractivity contribution in [3.63, 3.8) is 0 Å². The lowest BCUT2D eigenvalue weighted by Crippen LogP contribution is -2.67. The number of aliphatic hydroxyl groups excluding tert-OH is 5. The van der Waals surface area contributed by atoms with Gasteiger partial charge in [0.2, 0.25) is 0 Å². The van der Waals surface area contributed by atoms with Gasteiger partial charge in [0, 0.05) is 10.8 Å². The highest BCUT2D eigenvalue weighted by Gasteiger charge is 2.69. The summed E-state index contributed by atoms with van der Waals surface area (Å²) >= 11 is 0. The van der Waals surface area contributed by atoms with Crippen molar-refractivity contribution >= 4 is 5.97 Å². The first-order valence-electron chi connectivity index (χ1n) is 17.4. The molecular formula is C36H58O9. The highest BCUT2D eigenvalue weighted by molar-refractivity contribution is 5.73. The van der Waals surface area contributed by atoms with E-state index in [1.165, 1.54) is 0 Å². The topological polar surface area (TPSA) is 157 Å². The van der Waals surface area contributed by atoms with E-state index in [9.17, 15) is 35.4 Å². The largest absolute Gasteiger partial charge is 0.479 e. The molecule has 0 radical (unpaired) electrons. The second-order valence-electron chi connectivity index (χ2n) is 18.0. The molecule has 256 valence electrons. The molecule has 6 N–H and O–H groups in total. The number of ether oxygens (including phenoxy) is 2. The summed E-state index contributed by atoms with van der Waals surface area (Å²) in [6.45, 7) is 16.3. The number of allylic oxidation sites excluding steroid dienone is 2. The molecule has 15 atom stereocenters. The van der Waals surface area contributed by atoms with Crippen LogP contribution in [0.2, 0.25) is 0 Å². The average molecular weight is 635 g/mol. The van der Waals surface area contributed by atoms with E-state index >= 15 is 0 Å². The number of aliphatic carboxylic acids is 1. The fourth-order valence-corrected chi connectivity index (χ4v) is 12.2. The van der Waals surface area contributed by atoms with Crippen LogP contribution < -0.4 is 0 Å².